The van der Waals surface area contributed by atoms with E-state index in [9.17, 15) is 18.0 Å². The highest BCUT2D eigenvalue weighted by atomic mass is 35.5. The molecule has 2 aromatic carbocycles. The van der Waals surface area contributed by atoms with Crippen LogP contribution in [-0.2, 0) is 40.7 Å². The molecule has 1 amide bonds. The van der Waals surface area contributed by atoms with Crippen molar-refractivity contribution in [2.75, 3.05) is 25.0 Å². The number of ether oxygens (including phenoxy) is 1. The van der Waals surface area contributed by atoms with Crippen molar-refractivity contribution in [1.29, 1.82) is 0 Å². The minimum absolute atomic E-state index is 0. The van der Waals surface area contributed by atoms with Crippen LogP contribution >= 0.6 is 23.7 Å². The van der Waals surface area contributed by atoms with Crippen molar-refractivity contribution >= 4 is 50.6 Å². The first-order valence-corrected chi connectivity index (χ1v) is 15.5. The van der Waals surface area contributed by atoms with Crippen LogP contribution in [0.4, 0.5) is 5.00 Å². The van der Waals surface area contributed by atoms with Crippen molar-refractivity contribution in [3.05, 3.63) is 81.2 Å². The summed E-state index contributed by atoms with van der Waals surface area (Å²) in [7, 11) is -3.71. The molecule has 5 rings (SSSR count). The molecule has 0 atom stereocenters. The minimum atomic E-state index is -3.71. The fourth-order valence-electron chi connectivity index (χ4n) is 5.15. The van der Waals surface area contributed by atoms with E-state index in [1.54, 1.807) is 6.92 Å². The Labute approximate surface area is 245 Å². The Morgan fingerprint density at radius 3 is 2.38 bits per heavy atom. The summed E-state index contributed by atoms with van der Waals surface area (Å²) in [6, 6.07) is 14.2. The summed E-state index contributed by atoms with van der Waals surface area (Å²) >= 11 is 1.40. The smallest absolute Gasteiger partial charge is 0.341 e. The number of amides is 1. The summed E-state index contributed by atoms with van der Waals surface area (Å²) in [5.74, 6) is -0.844. The second kappa shape index (κ2) is 12.4. The topological polar surface area (TPSA) is 96.0 Å². The number of hydrogen-bond acceptors (Lipinski definition) is 7. The zero-order valence-electron chi connectivity index (χ0n) is 22.8. The second-order valence-corrected chi connectivity index (χ2v) is 13.1. The average Bonchev–Trinajstić information content (AvgIpc) is 3.30. The second-order valence-electron chi connectivity index (χ2n) is 10.1. The van der Waals surface area contributed by atoms with E-state index in [0.29, 0.717) is 54.6 Å². The van der Waals surface area contributed by atoms with E-state index in [1.165, 1.54) is 45.5 Å². The number of benzene rings is 2. The van der Waals surface area contributed by atoms with E-state index in [4.69, 9.17) is 4.74 Å². The lowest BCUT2D eigenvalue weighted by Gasteiger charge is -2.30. The Bertz CT molecular complexity index is 1500. The fourth-order valence-corrected chi connectivity index (χ4v) is 7.82. The molecule has 0 aliphatic carbocycles. The van der Waals surface area contributed by atoms with Crippen LogP contribution in [0.5, 0.6) is 0 Å². The van der Waals surface area contributed by atoms with Crippen molar-refractivity contribution in [3.63, 3.8) is 0 Å². The molecule has 0 radical (unpaired) electrons. The number of nitrogens with zero attached hydrogens (tertiary/aromatic N) is 2. The monoisotopic (exact) mass is 603 g/mol. The highest BCUT2D eigenvalue weighted by Crippen LogP contribution is 2.38. The van der Waals surface area contributed by atoms with Crippen LogP contribution in [-0.4, -0.2) is 55.2 Å². The Morgan fingerprint density at radius 2 is 1.70 bits per heavy atom. The van der Waals surface area contributed by atoms with Gasteiger partial charge >= 0.3 is 5.97 Å². The van der Waals surface area contributed by atoms with Gasteiger partial charge in [-0.25, -0.2) is 13.2 Å². The van der Waals surface area contributed by atoms with Gasteiger partial charge in [0.25, 0.3) is 5.91 Å². The number of sulfonamides is 1. The molecule has 3 aromatic rings. The molecule has 0 fully saturated rings. The van der Waals surface area contributed by atoms with Crippen LogP contribution < -0.4 is 5.32 Å². The molecule has 0 bridgehead atoms. The molecule has 2 aliphatic rings. The van der Waals surface area contributed by atoms with Gasteiger partial charge in [-0.1, -0.05) is 24.3 Å². The van der Waals surface area contributed by atoms with Gasteiger partial charge in [0.2, 0.25) is 10.0 Å². The molecular formula is C29H34ClN3O5S2. The molecule has 0 unspecified atom stereocenters. The number of esters is 1. The van der Waals surface area contributed by atoms with E-state index >= 15 is 0 Å². The number of thiophene rings is 1. The minimum Gasteiger partial charge on any atom is -0.462 e. The van der Waals surface area contributed by atoms with E-state index < -0.39 is 21.9 Å². The number of anilines is 1. The Hall–Kier alpha value is -2.76. The van der Waals surface area contributed by atoms with Crippen molar-refractivity contribution in [2.45, 2.75) is 57.6 Å². The summed E-state index contributed by atoms with van der Waals surface area (Å²) in [6.45, 7) is 8.57. The highest BCUT2D eigenvalue weighted by Gasteiger charge is 2.31. The van der Waals surface area contributed by atoms with Crippen LogP contribution in [0.1, 0.15) is 63.1 Å². The first-order chi connectivity index (χ1) is 18.7. The normalized spacial score (nSPS) is 15.6. The maximum Gasteiger partial charge on any atom is 0.341 e. The maximum absolute atomic E-state index is 13.3. The molecule has 8 nitrogen and oxygen atoms in total. The molecular weight excluding hydrogens is 570 g/mol. The summed E-state index contributed by atoms with van der Waals surface area (Å²) in [5.41, 5.74) is 3.86. The van der Waals surface area contributed by atoms with E-state index in [-0.39, 0.29) is 23.9 Å². The molecule has 1 N–H and O–H groups in total. The Kier molecular flexibility index (Phi) is 9.36. The molecule has 0 saturated carbocycles. The van der Waals surface area contributed by atoms with Crippen molar-refractivity contribution in [1.82, 2.24) is 9.21 Å². The number of carbonyl (C=O) groups is 2. The molecule has 0 saturated heterocycles. The number of nitrogens with one attached hydrogen (secondary N) is 1. The molecule has 1 aromatic heterocycles. The Morgan fingerprint density at radius 1 is 1.00 bits per heavy atom. The molecule has 11 heteroatoms. The standard InChI is InChI=1S/C29H33N3O5S2.ClH/c1-4-37-29(34)26-24-14-15-31(19(2)3)18-25(24)38-28(26)30-27(33)21-9-11-23(12-10-21)39(35,36)32-16-13-20-7-5-6-8-22(20)17-32;/h5-12,19H,4,13-18H2,1-3H3,(H,30,33);1H. The third-order valence-corrected chi connectivity index (χ3v) is 10.4. The third-order valence-electron chi connectivity index (χ3n) is 7.37. The number of carbonyl (C=O) groups excluding carboxylic acids is 2. The lowest BCUT2D eigenvalue weighted by atomic mass is 10.0. The predicted molar refractivity (Wildman–Crippen MR) is 159 cm³/mol. The van der Waals surface area contributed by atoms with Gasteiger partial charge in [0.1, 0.15) is 5.00 Å². The van der Waals surface area contributed by atoms with E-state index in [1.807, 2.05) is 24.3 Å². The number of halogens is 1. The van der Waals surface area contributed by atoms with Gasteiger partial charge in [-0.05, 0) is 74.6 Å². The van der Waals surface area contributed by atoms with Crippen LogP contribution in [0.15, 0.2) is 53.4 Å². The molecule has 0 spiro atoms. The first-order valence-electron chi connectivity index (χ1n) is 13.2. The average molecular weight is 604 g/mol. The van der Waals surface area contributed by atoms with Gasteiger partial charge in [-0.15, -0.1) is 23.7 Å². The van der Waals surface area contributed by atoms with Gasteiger partial charge in [-0.3, -0.25) is 9.69 Å². The quantitative estimate of drug-likeness (QED) is 0.377. The summed E-state index contributed by atoms with van der Waals surface area (Å²) in [5, 5.41) is 3.37. The van der Waals surface area contributed by atoms with E-state index in [0.717, 1.165) is 22.5 Å². The van der Waals surface area contributed by atoms with Crippen molar-refractivity contribution in [3.8, 4) is 0 Å². The van der Waals surface area contributed by atoms with Crippen LogP contribution in [0.25, 0.3) is 0 Å². The third kappa shape index (κ3) is 5.96. The van der Waals surface area contributed by atoms with Gasteiger partial charge < -0.3 is 10.1 Å². The van der Waals surface area contributed by atoms with Crippen molar-refractivity contribution < 1.29 is 22.7 Å². The predicted octanol–water partition coefficient (Wildman–Crippen LogP) is 5.11. The molecule has 3 heterocycles. The summed E-state index contributed by atoms with van der Waals surface area (Å²) < 4.78 is 33.4. The largest absolute Gasteiger partial charge is 0.462 e. The highest BCUT2D eigenvalue weighted by molar-refractivity contribution is 7.89. The fraction of sp³-hybridized carbons (Fsp3) is 0.379. The molecule has 2 aliphatic heterocycles. The summed E-state index contributed by atoms with van der Waals surface area (Å²) in [4.78, 5) is 29.6. The van der Waals surface area contributed by atoms with Crippen LogP contribution in [0.3, 0.4) is 0 Å². The van der Waals surface area contributed by atoms with Gasteiger partial charge in [-0.2, -0.15) is 4.31 Å². The zero-order chi connectivity index (χ0) is 27.7. The van der Waals surface area contributed by atoms with Gasteiger partial charge in [0.05, 0.1) is 17.1 Å². The zero-order valence-corrected chi connectivity index (χ0v) is 25.3. The van der Waals surface area contributed by atoms with Crippen molar-refractivity contribution in [2.24, 2.45) is 0 Å². The number of hydrogen-bond donors (Lipinski definition) is 1. The number of rotatable bonds is 7. The number of fused-ring (bicyclic) bond motifs is 2. The lowest BCUT2D eigenvalue weighted by molar-refractivity contribution is 0.0526. The molecule has 214 valence electrons. The Balaban J connectivity index is 0.00000370. The SMILES string of the molecule is CCOC(=O)c1c(NC(=O)c2ccc(S(=O)(=O)N3CCc4ccccc4C3)cc2)sc2c1CCN(C(C)C)C2.Cl. The van der Waals surface area contributed by atoms with E-state index in [2.05, 4.69) is 24.1 Å². The lowest BCUT2D eigenvalue weighted by Crippen LogP contribution is -2.35. The van der Waals surface area contributed by atoms with Gasteiger partial charge in [0.15, 0.2) is 0 Å². The first kappa shape index (κ1) is 30.2. The summed E-state index contributed by atoms with van der Waals surface area (Å²) in [6.07, 6.45) is 1.37. The van der Waals surface area contributed by atoms with Gasteiger partial charge in [0, 0.05) is 42.7 Å². The van der Waals surface area contributed by atoms with Crippen LogP contribution in [0.2, 0.25) is 0 Å². The molecule has 40 heavy (non-hydrogen) atoms. The van der Waals surface area contributed by atoms with Crippen LogP contribution in [0, 0.1) is 0 Å². The maximum atomic E-state index is 13.3.